The number of rotatable bonds is 6. The summed E-state index contributed by atoms with van der Waals surface area (Å²) in [5, 5.41) is 4.81. The Hall–Kier alpha value is -3.74. The maximum Gasteiger partial charge on any atom is 0.416 e. The van der Waals surface area contributed by atoms with E-state index in [1.54, 1.807) is 25.0 Å². The molecule has 0 amide bonds. The van der Waals surface area contributed by atoms with Gasteiger partial charge in [0.1, 0.15) is 11.5 Å². The number of methoxy groups -OCH3 is 2. The van der Waals surface area contributed by atoms with Crippen molar-refractivity contribution >= 4 is 0 Å². The van der Waals surface area contributed by atoms with Gasteiger partial charge >= 0.3 is 6.18 Å². The van der Waals surface area contributed by atoms with Crippen LogP contribution >= 0.6 is 0 Å². The highest BCUT2D eigenvalue weighted by molar-refractivity contribution is 5.75. The Labute approximate surface area is 190 Å². The average Bonchev–Trinajstić information content (AvgIpc) is 3.14. The topological polar surface area (TPSA) is 36.3 Å². The van der Waals surface area contributed by atoms with E-state index in [4.69, 9.17) is 14.6 Å². The van der Waals surface area contributed by atoms with Crippen molar-refractivity contribution in [3.63, 3.8) is 0 Å². The first kappa shape index (κ1) is 22.5. The van der Waals surface area contributed by atoms with Gasteiger partial charge in [-0.05, 0) is 48.9 Å². The first-order chi connectivity index (χ1) is 15.8. The van der Waals surface area contributed by atoms with Gasteiger partial charge in [-0.15, -0.1) is 0 Å². The Morgan fingerprint density at radius 3 is 2.06 bits per heavy atom. The number of ether oxygens (including phenoxy) is 2. The molecule has 0 radical (unpaired) electrons. The molecule has 0 unspecified atom stereocenters. The Morgan fingerprint density at radius 2 is 1.42 bits per heavy atom. The molecule has 0 saturated carbocycles. The highest BCUT2D eigenvalue weighted by Crippen LogP contribution is 2.35. The Kier molecular flexibility index (Phi) is 6.14. The first-order valence-electron chi connectivity index (χ1n) is 10.3. The number of alkyl halides is 3. The summed E-state index contributed by atoms with van der Waals surface area (Å²) in [6, 6.07) is 20.4. The minimum atomic E-state index is -4.41. The first-order valence-corrected chi connectivity index (χ1v) is 10.3. The van der Waals surface area contributed by atoms with E-state index in [9.17, 15) is 13.2 Å². The van der Waals surface area contributed by atoms with E-state index in [1.807, 2.05) is 55.5 Å². The van der Waals surface area contributed by atoms with Crippen LogP contribution in [-0.4, -0.2) is 24.0 Å². The lowest BCUT2D eigenvalue weighted by atomic mass is 10.0. The van der Waals surface area contributed by atoms with Gasteiger partial charge in [0.2, 0.25) is 0 Å². The van der Waals surface area contributed by atoms with E-state index in [0.717, 1.165) is 40.2 Å². The number of halogens is 3. The lowest BCUT2D eigenvalue weighted by Gasteiger charge is -2.12. The van der Waals surface area contributed by atoms with Crippen molar-refractivity contribution in [2.75, 3.05) is 14.2 Å². The van der Waals surface area contributed by atoms with E-state index in [-0.39, 0.29) is 6.54 Å². The third-order valence-corrected chi connectivity index (χ3v) is 5.46. The van der Waals surface area contributed by atoms with Crippen LogP contribution in [0.3, 0.4) is 0 Å². The average molecular weight is 452 g/mol. The zero-order valence-corrected chi connectivity index (χ0v) is 18.5. The van der Waals surface area contributed by atoms with Crippen molar-refractivity contribution in [1.29, 1.82) is 0 Å². The van der Waals surface area contributed by atoms with Crippen LogP contribution in [0.1, 0.15) is 16.7 Å². The Bertz CT molecular complexity index is 1280. The maximum atomic E-state index is 13.2. The highest BCUT2D eigenvalue weighted by Gasteiger charge is 2.30. The van der Waals surface area contributed by atoms with Gasteiger partial charge < -0.3 is 9.47 Å². The van der Waals surface area contributed by atoms with Crippen LogP contribution in [0.2, 0.25) is 0 Å². The highest BCUT2D eigenvalue weighted by atomic mass is 19.4. The van der Waals surface area contributed by atoms with Crippen LogP contribution in [0.15, 0.2) is 72.8 Å². The zero-order valence-electron chi connectivity index (χ0n) is 18.5. The molecule has 7 heteroatoms. The minimum absolute atomic E-state index is 0.182. The molecule has 4 rings (SSSR count). The third-order valence-electron chi connectivity index (χ3n) is 5.46. The number of aromatic nitrogens is 2. The summed E-state index contributed by atoms with van der Waals surface area (Å²) in [6.07, 6.45) is -4.41. The van der Waals surface area contributed by atoms with Gasteiger partial charge in [-0.3, -0.25) is 4.68 Å². The molecule has 0 atom stereocenters. The van der Waals surface area contributed by atoms with Gasteiger partial charge in [0.05, 0.1) is 37.7 Å². The van der Waals surface area contributed by atoms with E-state index >= 15 is 0 Å². The van der Waals surface area contributed by atoms with Crippen LogP contribution in [-0.2, 0) is 12.7 Å². The molecule has 0 bridgehead atoms. The summed E-state index contributed by atoms with van der Waals surface area (Å²) in [7, 11) is 3.19. The molecule has 0 spiro atoms. The molecule has 0 aliphatic rings. The number of hydrogen-bond acceptors (Lipinski definition) is 3. The smallest absolute Gasteiger partial charge is 0.416 e. The molecule has 0 N–H and O–H groups in total. The molecule has 0 saturated heterocycles. The predicted molar refractivity (Wildman–Crippen MR) is 121 cm³/mol. The van der Waals surface area contributed by atoms with Crippen molar-refractivity contribution in [2.24, 2.45) is 0 Å². The van der Waals surface area contributed by atoms with Crippen molar-refractivity contribution in [1.82, 2.24) is 9.78 Å². The molecule has 0 aliphatic heterocycles. The molecule has 33 heavy (non-hydrogen) atoms. The van der Waals surface area contributed by atoms with Gasteiger partial charge in [0, 0.05) is 16.7 Å². The second-order valence-corrected chi connectivity index (χ2v) is 7.64. The molecule has 1 aromatic heterocycles. The Balaban J connectivity index is 1.86. The second-order valence-electron chi connectivity index (χ2n) is 7.64. The van der Waals surface area contributed by atoms with Gasteiger partial charge in [0.25, 0.3) is 0 Å². The monoisotopic (exact) mass is 452 g/mol. The lowest BCUT2D eigenvalue weighted by molar-refractivity contribution is -0.137. The van der Waals surface area contributed by atoms with Gasteiger partial charge in [-0.2, -0.15) is 18.3 Å². The minimum Gasteiger partial charge on any atom is -0.497 e. The van der Waals surface area contributed by atoms with Crippen molar-refractivity contribution in [2.45, 2.75) is 19.6 Å². The second kappa shape index (κ2) is 9.02. The fourth-order valence-corrected chi connectivity index (χ4v) is 3.87. The molecule has 4 aromatic rings. The van der Waals surface area contributed by atoms with E-state index in [2.05, 4.69) is 0 Å². The van der Waals surface area contributed by atoms with E-state index in [1.165, 1.54) is 6.07 Å². The van der Waals surface area contributed by atoms with E-state index in [0.29, 0.717) is 17.1 Å². The maximum absolute atomic E-state index is 13.2. The summed E-state index contributed by atoms with van der Waals surface area (Å²) in [4.78, 5) is 0. The van der Waals surface area contributed by atoms with Crippen LogP contribution in [0.4, 0.5) is 13.2 Å². The number of hydrogen-bond donors (Lipinski definition) is 0. The zero-order chi connectivity index (χ0) is 23.6. The molecule has 0 fully saturated rings. The molecule has 3 aromatic carbocycles. The summed E-state index contributed by atoms with van der Waals surface area (Å²) >= 11 is 0. The number of nitrogens with zero attached hydrogens (tertiary/aromatic N) is 2. The largest absolute Gasteiger partial charge is 0.497 e. The molecule has 4 nitrogen and oxygen atoms in total. The number of benzene rings is 3. The fourth-order valence-electron chi connectivity index (χ4n) is 3.87. The Morgan fingerprint density at radius 1 is 0.818 bits per heavy atom. The van der Waals surface area contributed by atoms with Crippen molar-refractivity contribution in [3.05, 3.63) is 89.5 Å². The van der Waals surface area contributed by atoms with Crippen LogP contribution in [0.5, 0.6) is 11.5 Å². The molecule has 170 valence electrons. The summed E-state index contributed by atoms with van der Waals surface area (Å²) in [5.41, 5.74) is 4.00. The van der Waals surface area contributed by atoms with Crippen LogP contribution in [0, 0.1) is 6.92 Å². The quantitative estimate of drug-likeness (QED) is 0.330. The van der Waals surface area contributed by atoms with Crippen molar-refractivity contribution < 1.29 is 22.6 Å². The van der Waals surface area contributed by atoms with Crippen molar-refractivity contribution in [3.8, 4) is 34.0 Å². The molecular weight excluding hydrogens is 429 g/mol. The standard InChI is InChI=1S/C26H23F3N2O2/c1-17-24(19-8-5-11-22(14-19)32-2)30-31(25(17)20-9-6-12-23(15-20)33-3)16-18-7-4-10-21(13-18)26(27,28)29/h4-15H,16H2,1-3H3. The van der Waals surface area contributed by atoms with Crippen LogP contribution in [0.25, 0.3) is 22.5 Å². The predicted octanol–water partition coefficient (Wildman–Crippen LogP) is 6.61. The van der Waals surface area contributed by atoms with Gasteiger partial charge in [-0.1, -0.05) is 36.4 Å². The third kappa shape index (κ3) is 4.72. The summed E-state index contributed by atoms with van der Waals surface area (Å²) in [6.45, 7) is 2.14. The summed E-state index contributed by atoms with van der Waals surface area (Å²) in [5.74, 6) is 1.38. The van der Waals surface area contributed by atoms with Gasteiger partial charge in [0.15, 0.2) is 0 Å². The lowest BCUT2D eigenvalue weighted by Crippen LogP contribution is -2.08. The molecule has 1 heterocycles. The normalized spacial score (nSPS) is 11.5. The molecular formula is C26H23F3N2O2. The summed E-state index contributed by atoms with van der Waals surface area (Å²) < 4.78 is 52.2. The van der Waals surface area contributed by atoms with E-state index < -0.39 is 11.7 Å². The fraction of sp³-hybridized carbons (Fsp3) is 0.192. The molecule has 0 aliphatic carbocycles. The van der Waals surface area contributed by atoms with Gasteiger partial charge in [-0.25, -0.2) is 0 Å². The van der Waals surface area contributed by atoms with Crippen LogP contribution < -0.4 is 9.47 Å². The SMILES string of the molecule is COc1cccc(-c2nn(Cc3cccc(C(F)(F)F)c3)c(-c3cccc(OC)c3)c2C)c1.